The lowest BCUT2D eigenvalue weighted by atomic mass is 9.83. The van der Waals surface area contributed by atoms with E-state index in [0.717, 1.165) is 36.6 Å². The molecule has 112 valence electrons. The van der Waals surface area contributed by atoms with Crippen molar-refractivity contribution in [3.05, 3.63) is 22.5 Å². The number of rotatable bonds is 7. The highest BCUT2D eigenvalue weighted by Crippen LogP contribution is 2.25. The summed E-state index contributed by atoms with van der Waals surface area (Å²) in [6, 6.07) is 0. The molecule has 4 nitrogen and oxygen atoms in total. The maximum Gasteiger partial charge on any atom is 0.194 e. The fourth-order valence-electron chi connectivity index (χ4n) is 2.60. The Morgan fingerprint density at radius 2 is 2.05 bits per heavy atom. The summed E-state index contributed by atoms with van der Waals surface area (Å²) in [5.41, 5.74) is 3.57. The predicted molar refractivity (Wildman–Crippen MR) is 84.4 cm³/mol. The van der Waals surface area contributed by atoms with Gasteiger partial charge in [0.2, 0.25) is 0 Å². The van der Waals surface area contributed by atoms with Crippen LogP contribution in [-0.4, -0.2) is 27.6 Å². The van der Waals surface area contributed by atoms with Crippen molar-refractivity contribution in [1.29, 1.82) is 0 Å². The number of aliphatic hydroxyl groups excluding tert-OH is 1. The van der Waals surface area contributed by atoms with Gasteiger partial charge in [-0.1, -0.05) is 13.8 Å². The zero-order valence-electron chi connectivity index (χ0n) is 12.9. The third-order valence-corrected chi connectivity index (χ3v) is 5.40. The molecular formula is C15H25N3OS. The molecule has 2 aromatic rings. The van der Waals surface area contributed by atoms with Crippen molar-refractivity contribution in [2.24, 2.45) is 5.41 Å². The Balaban J connectivity index is 2.09. The van der Waals surface area contributed by atoms with Crippen molar-refractivity contribution in [2.45, 2.75) is 47.1 Å². The van der Waals surface area contributed by atoms with Crippen molar-refractivity contribution in [3.63, 3.8) is 0 Å². The first-order valence-corrected chi connectivity index (χ1v) is 8.18. The molecule has 0 aliphatic rings. The van der Waals surface area contributed by atoms with E-state index in [4.69, 9.17) is 0 Å². The van der Waals surface area contributed by atoms with Gasteiger partial charge in [0.25, 0.3) is 0 Å². The van der Waals surface area contributed by atoms with Crippen LogP contribution in [0.4, 0.5) is 0 Å². The Hall–Kier alpha value is -0.910. The summed E-state index contributed by atoms with van der Waals surface area (Å²) in [6.45, 7) is 10.3. The smallest absolute Gasteiger partial charge is 0.194 e. The molecule has 0 aliphatic carbocycles. The summed E-state index contributed by atoms with van der Waals surface area (Å²) in [7, 11) is 0. The number of imidazole rings is 1. The molecule has 5 heteroatoms. The minimum atomic E-state index is 0.00139. The van der Waals surface area contributed by atoms with Crippen LogP contribution in [0, 0.1) is 19.3 Å². The van der Waals surface area contributed by atoms with Crippen LogP contribution in [0.15, 0.2) is 5.38 Å². The van der Waals surface area contributed by atoms with Gasteiger partial charge in [-0.2, -0.15) is 0 Å². The normalized spacial score (nSPS) is 12.4. The fourth-order valence-corrected chi connectivity index (χ4v) is 3.53. The first-order valence-electron chi connectivity index (χ1n) is 7.30. The summed E-state index contributed by atoms with van der Waals surface area (Å²) in [5.74, 6) is 0. The molecule has 2 N–H and O–H groups in total. The van der Waals surface area contributed by atoms with Crippen LogP contribution in [-0.2, 0) is 6.54 Å². The highest BCUT2D eigenvalue weighted by Gasteiger charge is 2.25. The maximum atomic E-state index is 9.62. The van der Waals surface area contributed by atoms with Crippen LogP contribution in [0.25, 0.3) is 4.96 Å². The second kappa shape index (κ2) is 6.24. The Morgan fingerprint density at radius 1 is 1.35 bits per heavy atom. The molecule has 0 aliphatic heterocycles. The van der Waals surface area contributed by atoms with Gasteiger partial charge in [-0.25, -0.2) is 4.98 Å². The van der Waals surface area contributed by atoms with Crippen LogP contribution in [0.3, 0.4) is 0 Å². The highest BCUT2D eigenvalue weighted by atomic mass is 32.1. The van der Waals surface area contributed by atoms with Gasteiger partial charge in [-0.05, 0) is 26.7 Å². The zero-order valence-corrected chi connectivity index (χ0v) is 13.7. The van der Waals surface area contributed by atoms with Crippen LogP contribution in [0.2, 0.25) is 0 Å². The third kappa shape index (κ3) is 2.75. The first kappa shape index (κ1) is 15.5. The second-order valence-electron chi connectivity index (χ2n) is 5.61. The number of aromatic nitrogens is 2. The van der Waals surface area contributed by atoms with Crippen LogP contribution < -0.4 is 5.32 Å². The largest absolute Gasteiger partial charge is 0.396 e. The number of aliphatic hydroxyl groups is 1. The van der Waals surface area contributed by atoms with Crippen molar-refractivity contribution in [3.8, 4) is 0 Å². The minimum absolute atomic E-state index is 0.00139. The number of nitrogens with one attached hydrogen (secondary N) is 1. The number of nitrogens with zero attached hydrogens (tertiary/aromatic N) is 2. The Bertz CT molecular complexity index is 561. The van der Waals surface area contributed by atoms with Gasteiger partial charge in [-0.15, -0.1) is 11.3 Å². The average molecular weight is 295 g/mol. The first-order chi connectivity index (χ1) is 9.56. The number of aryl methyl sites for hydroxylation is 2. The van der Waals surface area contributed by atoms with Gasteiger partial charge in [0.05, 0.1) is 11.4 Å². The summed E-state index contributed by atoms with van der Waals surface area (Å²) < 4.78 is 2.23. The molecule has 0 spiro atoms. The van der Waals surface area contributed by atoms with Gasteiger partial charge in [0, 0.05) is 36.2 Å². The highest BCUT2D eigenvalue weighted by molar-refractivity contribution is 7.15. The molecule has 0 atom stereocenters. The van der Waals surface area contributed by atoms with Gasteiger partial charge in [0.15, 0.2) is 4.96 Å². The molecule has 2 aromatic heterocycles. The lowest BCUT2D eigenvalue weighted by molar-refractivity contribution is 0.113. The summed E-state index contributed by atoms with van der Waals surface area (Å²) in [4.78, 5) is 5.67. The molecule has 0 unspecified atom stereocenters. The van der Waals surface area contributed by atoms with E-state index in [0.29, 0.717) is 0 Å². The van der Waals surface area contributed by atoms with E-state index in [1.807, 2.05) is 0 Å². The zero-order chi connectivity index (χ0) is 14.8. The van der Waals surface area contributed by atoms with Crippen molar-refractivity contribution in [2.75, 3.05) is 13.2 Å². The van der Waals surface area contributed by atoms with Gasteiger partial charge < -0.3 is 10.4 Å². The Labute approximate surface area is 124 Å². The van der Waals surface area contributed by atoms with Crippen LogP contribution >= 0.6 is 11.3 Å². The van der Waals surface area contributed by atoms with Gasteiger partial charge in [-0.3, -0.25) is 4.40 Å². The number of thiazole rings is 1. The monoisotopic (exact) mass is 295 g/mol. The van der Waals surface area contributed by atoms with E-state index < -0.39 is 0 Å². The van der Waals surface area contributed by atoms with Crippen molar-refractivity contribution >= 4 is 16.3 Å². The SMILES string of the molecule is CCC(CC)(CO)CNCc1c(C)nc2scc(C)n12. The minimum Gasteiger partial charge on any atom is -0.396 e. The molecule has 0 bridgehead atoms. The van der Waals surface area contributed by atoms with Crippen molar-refractivity contribution in [1.82, 2.24) is 14.7 Å². The number of hydrogen-bond acceptors (Lipinski definition) is 4. The number of hydrogen-bond donors (Lipinski definition) is 2. The van der Waals surface area contributed by atoms with Gasteiger partial charge >= 0.3 is 0 Å². The average Bonchev–Trinajstić information content (AvgIpc) is 2.96. The molecular weight excluding hydrogens is 270 g/mol. The maximum absolute atomic E-state index is 9.62. The summed E-state index contributed by atoms with van der Waals surface area (Å²) in [5, 5.41) is 15.3. The molecule has 0 aromatic carbocycles. The Kier molecular flexibility index (Phi) is 4.83. The summed E-state index contributed by atoms with van der Waals surface area (Å²) >= 11 is 1.69. The summed E-state index contributed by atoms with van der Waals surface area (Å²) in [6.07, 6.45) is 1.98. The molecule has 2 rings (SSSR count). The second-order valence-corrected chi connectivity index (χ2v) is 6.44. The van der Waals surface area contributed by atoms with Gasteiger partial charge in [0.1, 0.15) is 0 Å². The standard InChI is InChI=1S/C15H25N3OS/c1-5-15(6-2,10-19)9-16-7-13-12(4)17-14-18(13)11(3)8-20-14/h8,16,19H,5-7,9-10H2,1-4H3. The molecule has 0 radical (unpaired) electrons. The van der Waals surface area contributed by atoms with E-state index in [9.17, 15) is 5.11 Å². The third-order valence-electron chi connectivity index (χ3n) is 4.46. The molecule has 0 fully saturated rings. The van der Waals surface area contributed by atoms with Crippen molar-refractivity contribution < 1.29 is 5.11 Å². The fraction of sp³-hybridized carbons (Fsp3) is 0.667. The Morgan fingerprint density at radius 3 is 2.65 bits per heavy atom. The molecule has 0 saturated carbocycles. The van der Waals surface area contributed by atoms with E-state index in [1.165, 1.54) is 11.4 Å². The predicted octanol–water partition coefficient (Wildman–Crippen LogP) is 2.90. The molecule has 20 heavy (non-hydrogen) atoms. The van der Waals surface area contributed by atoms with E-state index >= 15 is 0 Å². The lowest BCUT2D eigenvalue weighted by Gasteiger charge is -2.29. The molecule has 2 heterocycles. The lowest BCUT2D eigenvalue weighted by Crippen LogP contribution is -2.36. The molecule has 0 amide bonds. The number of fused-ring (bicyclic) bond motifs is 1. The van der Waals surface area contributed by atoms with E-state index in [1.54, 1.807) is 11.3 Å². The van der Waals surface area contributed by atoms with E-state index in [2.05, 4.69) is 47.8 Å². The van der Waals surface area contributed by atoms with Crippen LogP contribution in [0.1, 0.15) is 43.8 Å². The topological polar surface area (TPSA) is 49.6 Å². The quantitative estimate of drug-likeness (QED) is 0.826. The molecule has 0 saturated heterocycles. The van der Waals surface area contributed by atoms with Crippen LogP contribution in [0.5, 0.6) is 0 Å². The van der Waals surface area contributed by atoms with E-state index in [-0.39, 0.29) is 12.0 Å².